The Morgan fingerprint density at radius 3 is 2.42 bits per heavy atom. The maximum absolute atomic E-state index is 8.79. The maximum Gasteiger partial charge on any atom is 0.0639 e. The molecule has 1 nitrogen and oxygen atoms in total. The highest BCUT2D eigenvalue weighted by molar-refractivity contribution is 14.1. The predicted octanol–water partition coefficient (Wildman–Crippen LogP) is 3.29. The lowest BCUT2D eigenvalue weighted by Gasteiger charge is -2.07. The van der Waals surface area contributed by atoms with E-state index in [9.17, 15) is 0 Å². The van der Waals surface area contributed by atoms with E-state index in [4.69, 9.17) is 5.11 Å². The van der Waals surface area contributed by atoms with E-state index in [2.05, 4.69) is 46.6 Å². The highest BCUT2D eigenvalue weighted by Crippen LogP contribution is 2.14. The van der Waals surface area contributed by atoms with Crippen LogP contribution in [0.1, 0.15) is 27.2 Å². The molecular formula is C10H17IO. The summed E-state index contributed by atoms with van der Waals surface area (Å²) in [6.07, 6.45) is 3.21. The Balaban J connectivity index is 3.97. The quantitative estimate of drug-likeness (QED) is 0.619. The van der Waals surface area contributed by atoms with Crippen molar-refractivity contribution in [2.75, 3.05) is 6.61 Å². The number of allylic oxidation sites excluding steroid dienone is 2. The molecule has 0 saturated heterocycles. The van der Waals surface area contributed by atoms with Crippen molar-refractivity contribution in [2.24, 2.45) is 5.92 Å². The smallest absolute Gasteiger partial charge is 0.0639 e. The second-order valence-electron chi connectivity index (χ2n) is 3.31. The summed E-state index contributed by atoms with van der Waals surface area (Å²) >= 11 is 2.26. The normalized spacial score (nSPS) is 16.4. The van der Waals surface area contributed by atoms with Crippen LogP contribution in [0.5, 0.6) is 0 Å². The third kappa shape index (κ3) is 5.77. The second-order valence-corrected chi connectivity index (χ2v) is 3.93. The number of aliphatic hydroxyl groups is 1. The van der Waals surface area contributed by atoms with Gasteiger partial charge in [-0.2, -0.15) is 0 Å². The Hall–Kier alpha value is 0.170. The van der Waals surface area contributed by atoms with Crippen LogP contribution in [0, 0.1) is 5.92 Å². The van der Waals surface area contributed by atoms with Gasteiger partial charge in [0.15, 0.2) is 0 Å². The Bertz CT molecular complexity index is 182. The lowest BCUT2D eigenvalue weighted by Crippen LogP contribution is -1.94. The molecule has 12 heavy (non-hydrogen) atoms. The van der Waals surface area contributed by atoms with Gasteiger partial charge in [-0.1, -0.05) is 46.7 Å². The molecule has 0 bridgehead atoms. The number of halogens is 1. The van der Waals surface area contributed by atoms with E-state index in [-0.39, 0.29) is 6.61 Å². The maximum atomic E-state index is 8.79. The first-order valence-corrected chi connectivity index (χ1v) is 5.38. The van der Waals surface area contributed by atoms with E-state index in [1.54, 1.807) is 0 Å². The molecule has 0 aromatic rings. The molecule has 0 saturated carbocycles. The molecule has 0 rings (SSSR count). The van der Waals surface area contributed by atoms with Gasteiger partial charge in [0, 0.05) is 0 Å². The molecule has 1 N–H and O–H groups in total. The number of rotatable bonds is 4. The lowest BCUT2D eigenvalue weighted by atomic mass is 10.0. The topological polar surface area (TPSA) is 20.2 Å². The highest BCUT2D eigenvalue weighted by atomic mass is 127. The third-order valence-corrected chi connectivity index (χ3v) is 2.71. The summed E-state index contributed by atoms with van der Waals surface area (Å²) in [6, 6.07) is 0. The van der Waals surface area contributed by atoms with Crippen molar-refractivity contribution < 1.29 is 5.11 Å². The van der Waals surface area contributed by atoms with Crippen molar-refractivity contribution in [3.63, 3.8) is 0 Å². The SMILES string of the molecule is C/C(=C/[C@H](C)C/C(C)=C/I)CO. The van der Waals surface area contributed by atoms with Crippen molar-refractivity contribution in [3.8, 4) is 0 Å². The molecule has 0 unspecified atom stereocenters. The van der Waals surface area contributed by atoms with Crippen molar-refractivity contribution >= 4 is 22.6 Å². The first-order chi connectivity index (χ1) is 5.60. The molecule has 0 aliphatic rings. The average Bonchev–Trinajstić information content (AvgIpc) is 2.03. The zero-order valence-electron chi connectivity index (χ0n) is 7.97. The van der Waals surface area contributed by atoms with Crippen LogP contribution in [0.4, 0.5) is 0 Å². The summed E-state index contributed by atoms with van der Waals surface area (Å²) in [7, 11) is 0. The first kappa shape index (κ1) is 12.2. The van der Waals surface area contributed by atoms with E-state index in [0.717, 1.165) is 12.0 Å². The summed E-state index contributed by atoms with van der Waals surface area (Å²) in [6.45, 7) is 6.44. The van der Waals surface area contributed by atoms with Crippen LogP contribution in [0.2, 0.25) is 0 Å². The fourth-order valence-electron chi connectivity index (χ4n) is 1.15. The zero-order valence-corrected chi connectivity index (χ0v) is 10.1. The van der Waals surface area contributed by atoms with Crippen LogP contribution >= 0.6 is 22.6 Å². The van der Waals surface area contributed by atoms with Gasteiger partial charge in [0.2, 0.25) is 0 Å². The summed E-state index contributed by atoms with van der Waals surface area (Å²) < 4.78 is 2.11. The molecule has 0 heterocycles. The molecule has 0 spiro atoms. The standard InChI is InChI=1S/C10H17IO/c1-8(4-9(2)6-11)5-10(3)7-12/h5-6,8,12H,4,7H2,1-3H3/b9-6+,10-5-/t8-/m1/s1. The summed E-state index contributed by atoms with van der Waals surface area (Å²) in [5.41, 5.74) is 2.45. The Morgan fingerprint density at radius 2 is 2.00 bits per heavy atom. The fraction of sp³-hybridized carbons (Fsp3) is 0.600. The van der Waals surface area contributed by atoms with Crippen molar-refractivity contribution in [1.82, 2.24) is 0 Å². The number of hydrogen-bond donors (Lipinski definition) is 1. The average molecular weight is 280 g/mol. The minimum Gasteiger partial charge on any atom is -0.392 e. The van der Waals surface area contributed by atoms with Gasteiger partial charge >= 0.3 is 0 Å². The summed E-state index contributed by atoms with van der Waals surface area (Å²) in [5, 5.41) is 8.79. The predicted molar refractivity (Wildman–Crippen MR) is 62.4 cm³/mol. The van der Waals surface area contributed by atoms with Gasteiger partial charge in [0.05, 0.1) is 6.61 Å². The molecule has 1 atom stereocenters. The Kier molecular flexibility index (Phi) is 6.76. The van der Waals surface area contributed by atoms with E-state index < -0.39 is 0 Å². The monoisotopic (exact) mass is 280 g/mol. The van der Waals surface area contributed by atoms with Gasteiger partial charge in [0.1, 0.15) is 0 Å². The minimum atomic E-state index is 0.178. The van der Waals surface area contributed by atoms with E-state index >= 15 is 0 Å². The molecule has 0 radical (unpaired) electrons. The van der Waals surface area contributed by atoms with Crippen LogP contribution in [0.25, 0.3) is 0 Å². The van der Waals surface area contributed by atoms with E-state index in [1.807, 2.05) is 6.92 Å². The van der Waals surface area contributed by atoms with Crippen molar-refractivity contribution in [3.05, 3.63) is 21.3 Å². The van der Waals surface area contributed by atoms with Gasteiger partial charge < -0.3 is 5.11 Å². The largest absolute Gasteiger partial charge is 0.392 e. The lowest BCUT2D eigenvalue weighted by molar-refractivity contribution is 0.330. The number of hydrogen-bond acceptors (Lipinski definition) is 1. The molecule has 0 aliphatic carbocycles. The Labute approximate surface area is 88.7 Å². The molecule has 0 aliphatic heterocycles. The molecule has 0 fully saturated rings. The molecule has 2 heteroatoms. The van der Waals surface area contributed by atoms with Crippen molar-refractivity contribution in [2.45, 2.75) is 27.2 Å². The van der Waals surface area contributed by atoms with Crippen LogP contribution in [0.3, 0.4) is 0 Å². The molecule has 0 aromatic carbocycles. The summed E-state index contributed by atoms with van der Waals surface area (Å²) in [4.78, 5) is 0. The molecule has 0 amide bonds. The molecular weight excluding hydrogens is 263 g/mol. The molecule has 0 aromatic heterocycles. The third-order valence-electron chi connectivity index (χ3n) is 1.65. The van der Waals surface area contributed by atoms with Gasteiger partial charge in [0.25, 0.3) is 0 Å². The van der Waals surface area contributed by atoms with Crippen LogP contribution in [-0.4, -0.2) is 11.7 Å². The van der Waals surface area contributed by atoms with E-state index in [0.29, 0.717) is 5.92 Å². The van der Waals surface area contributed by atoms with Gasteiger partial charge in [-0.3, -0.25) is 0 Å². The van der Waals surface area contributed by atoms with Crippen molar-refractivity contribution in [1.29, 1.82) is 0 Å². The van der Waals surface area contributed by atoms with Gasteiger partial charge in [-0.15, -0.1) is 0 Å². The minimum absolute atomic E-state index is 0.178. The van der Waals surface area contributed by atoms with Crippen LogP contribution in [-0.2, 0) is 0 Å². The second kappa shape index (κ2) is 6.66. The zero-order chi connectivity index (χ0) is 9.56. The van der Waals surface area contributed by atoms with Gasteiger partial charge in [-0.05, 0) is 30.3 Å². The van der Waals surface area contributed by atoms with Gasteiger partial charge in [-0.25, -0.2) is 0 Å². The number of aliphatic hydroxyl groups excluding tert-OH is 1. The van der Waals surface area contributed by atoms with Crippen LogP contribution in [0.15, 0.2) is 21.3 Å². The highest BCUT2D eigenvalue weighted by Gasteiger charge is 1.99. The Morgan fingerprint density at radius 1 is 1.42 bits per heavy atom. The fourth-order valence-corrected chi connectivity index (χ4v) is 1.40. The first-order valence-electron chi connectivity index (χ1n) is 4.14. The molecule has 70 valence electrons. The van der Waals surface area contributed by atoms with Crippen LogP contribution < -0.4 is 0 Å². The summed E-state index contributed by atoms with van der Waals surface area (Å²) in [5.74, 6) is 0.531. The van der Waals surface area contributed by atoms with E-state index in [1.165, 1.54) is 5.57 Å².